The Hall–Kier alpha value is -0.410. The average Bonchev–Trinajstić information content (AvgIpc) is 2.76. The van der Waals surface area contributed by atoms with Crippen molar-refractivity contribution in [3.05, 3.63) is 43.0 Å². The molecule has 2 N–H and O–H groups in total. The van der Waals surface area contributed by atoms with Gasteiger partial charge in [0.1, 0.15) is 4.90 Å². The van der Waals surface area contributed by atoms with E-state index in [0.717, 1.165) is 0 Å². The summed E-state index contributed by atoms with van der Waals surface area (Å²) in [6, 6.07) is 5.28. The monoisotopic (exact) mass is 439 g/mol. The first-order chi connectivity index (χ1) is 9.36. The van der Waals surface area contributed by atoms with E-state index < -0.39 is 10.0 Å². The number of nitrogens with one attached hydrogen (secondary N) is 1. The molecule has 0 amide bonds. The van der Waals surface area contributed by atoms with E-state index in [1.807, 2.05) is 0 Å². The Morgan fingerprint density at radius 1 is 1.30 bits per heavy atom. The van der Waals surface area contributed by atoms with Crippen LogP contribution in [0.3, 0.4) is 0 Å². The summed E-state index contributed by atoms with van der Waals surface area (Å²) in [4.78, 5) is 0.575. The zero-order valence-electron chi connectivity index (χ0n) is 10.4. The lowest BCUT2D eigenvalue weighted by Crippen LogP contribution is -2.15. The van der Waals surface area contributed by atoms with Gasteiger partial charge in [0.25, 0.3) is 10.0 Å². The van der Waals surface area contributed by atoms with Crippen LogP contribution < -0.4 is 4.72 Å². The zero-order chi connectivity index (χ0) is 14.9. The molecular weight excluding hydrogens is 430 g/mol. The van der Waals surface area contributed by atoms with Gasteiger partial charge in [-0.2, -0.15) is 0 Å². The maximum absolute atomic E-state index is 12.5. The highest BCUT2D eigenvalue weighted by Crippen LogP contribution is 2.34. The average molecular weight is 441 g/mol. The smallest absolute Gasteiger partial charge is 0.263 e. The van der Waals surface area contributed by atoms with Gasteiger partial charge < -0.3 is 5.11 Å². The van der Waals surface area contributed by atoms with Crippen LogP contribution in [0.15, 0.2) is 37.4 Å². The largest absolute Gasteiger partial charge is 0.391 e. The third kappa shape index (κ3) is 3.09. The Morgan fingerprint density at radius 2 is 1.90 bits per heavy atom. The van der Waals surface area contributed by atoms with Gasteiger partial charge in [0, 0.05) is 8.95 Å². The summed E-state index contributed by atoms with van der Waals surface area (Å²) in [5, 5.41) is 11.0. The molecule has 2 aromatic rings. The molecule has 1 heterocycles. The normalized spacial score (nSPS) is 11.6. The number of para-hydroxylation sites is 1. The van der Waals surface area contributed by atoms with E-state index in [1.165, 1.54) is 11.3 Å². The molecule has 0 atom stereocenters. The van der Waals surface area contributed by atoms with Crippen molar-refractivity contribution < 1.29 is 13.5 Å². The third-order valence-electron chi connectivity index (χ3n) is 2.60. The van der Waals surface area contributed by atoms with Crippen LogP contribution in [0.25, 0.3) is 0 Å². The van der Waals surface area contributed by atoms with Crippen LogP contribution in [0, 0.1) is 6.92 Å². The molecule has 0 saturated carbocycles. The molecule has 8 heteroatoms. The first-order valence-corrected chi connectivity index (χ1v) is 9.46. The lowest BCUT2D eigenvalue weighted by atomic mass is 10.3. The second-order valence-corrected chi connectivity index (χ2v) is 8.32. The van der Waals surface area contributed by atoms with Crippen molar-refractivity contribution in [2.45, 2.75) is 18.4 Å². The standard InChI is InChI=1S/C12H11Br2NO3S2/c1-7-6-19-10(5-16)12(7)20(17,18)15-11-8(13)3-2-4-9(11)14/h2-4,6,15-16H,5H2,1H3. The highest BCUT2D eigenvalue weighted by atomic mass is 79.9. The molecule has 0 saturated heterocycles. The fourth-order valence-electron chi connectivity index (χ4n) is 1.74. The van der Waals surface area contributed by atoms with E-state index in [1.54, 1.807) is 30.5 Å². The Morgan fingerprint density at radius 3 is 2.45 bits per heavy atom. The fourth-order valence-corrected chi connectivity index (χ4v) is 5.96. The van der Waals surface area contributed by atoms with Crippen LogP contribution in [0.2, 0.25) is 0 Å². The number of hydrogen-bond donors (Lipinski definition) is 2. The van der Waals surface area contributed by atoms with Gasteiger partial charge in [0.2, 0.25) is 0 Å². The number of aliphatic hydroxyl groups is 1. The SMILES string of the molecule is Cc1csc(CO)c1S(=O)(=O)Nc1c(Br)cccc1Br. The van der Waals surface area contributed by atoms with Crippen molar-refractivity contribution in [3.63, 3.8) is 0 Å². The molecule has 0 unspecified atom stereocenters. The number of aryl methyl sites for hydroxylation is 1. The summed E-state index contributed by atoms with van der Waals surface area (Å²) in [5.41, 5.74) is 1.05. The fraction of sp³-hybridized carbons (Fsp3) is 0.167. The minimum atomic E-state index is -3.75. The molecule has 2 rings (SSSR count). The number of aliphatic hydroxyl groups excluding tert-OH is 1. The minimum absolute atomic E-state index is 0.146. The molecule has 0 aliphatic carbocycles. The quantitative estimate of drug-likeness (QED) is 0.758. The number of anilines is 1. The molecule has 108 valence electrons. The van der Waals surface area contributed by atoms with Crippen molar-refractivity contribution in [1.82, 2.24) is 0 Å². The summed E-state index contributed by atoms with van der Waals surface area (Å²) >= 11 is 7.86. The van der Waals surface area contributed by atoms with E-state index >= 15 is 0 Å². The van der Waals surface area contributed by atoms with Crippen LogP contribution in [0.5, 0.6) is 0 Å². The molecular formula is C12H11Br2NO3S2. The minimum Gasteiger partial charge on any atom is -0.391 e. The maximum atomic E-state index is 12.5. The highest BCUT2D eigenvalue weighted by molar-refractivity contribution is 9.11. The second kappa shape index (κ2) is 6.15. The van der Waals surface area contributed by atoms with Gasteiger partial charge in [-0.3, -0.25) is 4.72 Å². The molecule has 1 aromatic heterocycles. The number of benzene rings is 1. The Labute approximate surface area is 138 Å². The summed E-state index contributed by atoms with van der Waals surface area (Å²) in [5.74, 6) is 0. The van der Waals surface area contributed by atoms with Crippen molar-refractivity contribution in [1.29, 1.82) is 0 Å². The van der Waals surface area contributed by atoms with Gasteiger partial charge in [-0.25, -0.2) is 8.42 Å². The number of halogens is 2. The summed E-state index contributed by atoms with van der Waals surface area (Å²) in [7, 11) is -3.75. The zero-order valence-corrected chi connectivity index (χ0v) is 15.2. The number of thiophene rings is 1. The van der Waals surface area contributed by atoms with Crippen molar-refractivity contribution in [2.75, 3.05) is 4.72 Å². The first kappa shape index (κ1) is 16.0. The van der Waals surface area contributed by atoms with Crippen LogP contribution in [0.4, 0.5) is 5.69 Å². The van der Waals surface area contributed by atoms with E-state index in [2.05, 4.69) is 36.6 Å². The van der Waals surface area contributed by atoms with Gasteiger partial charge >= 0.3 is 0 Å². The predicted molar refractivity (Wildman–Crippen MR) is 87.6 cm³/mol. The van der Waals surface area contributed by atoms with Crippen molar-refractivity contribution in [2.24, 2.45) is 0 Å². The van der Waals surface area contributed by atoms with E-state index in [9.17, 15) is 13.5 Å². The number of rotatable bonds is 4. The molecule has 1 aromatic carbocycles. The van der Waals surface area contributed by atoms with Gasteiger partial charge in [0.15, 0.2) is 0 Å². The molecule has 4 nitrogen and oxygen atoms in total. The topological polar surface area (TPSA) is 66.4 Å². The molecule has 20 heavy (non-hydrogen) atoms. The van der Waals surface area contributed by atoms with Crippen LogP contribution in [0.1, 0.15) is 10.4 Å². The Balaban J connectivity index is 2.49. The predicted octanol–water partition coefficient (Wildman–Crippen LogP) is 3.87. The number of sulfonamides is 1. The lowest BCUT2D eigenvalue weighted by Gasteiger charge is -2.12. The summed E-state index contributed by atoms with van der Waals surface area (Å²) in [6.07, 6.45) is 0. The van der Waals surface area contributed by atoms with Crippen LogP contribution in [-0.2, 0) is 16.6 Å². The highest BCUT2D eigenvalue weighted by Gasteiger charge is 2.24. The van der Waals surface area contributed by atoms with Gasteiger partial charge in [-0.15, -0.1) is 11.3 Å². The van der Waals surface area contributed by atoms with Gasteiger partial charge in [-0.1, -0.05) is 6.07 Å². The molecule has 0 fully saturated rings. The Kier molecular flexibility index (Phi) is 4.91. The Bertz CT molecular complexity index is 721. The van der Waals surface area contributed by atoms with E-state index in [0.29, 0.717) is 25.1 Å². The van der Waals surface area contributed by atoms with E-state index in [-0.39, 0.29) is 11.5 Å². The first-order valence-electron chi connectivity index (χ1n) is 5.51. The molecule has 0 radical (unpaired) electrons. The number of hydrogen-bond acceptors (Lipinski definition) is 4. The summed E-state index contributed by atoms with van der Waals surface area (Å²) in [6.45, 7) is 1.41. The molecule has 0 aliphatic heterocycles. The molecule has 0 aliphatic rings. The van der Waals surface area contributed by atoms with Gasteiger partial charge in [-0.05, 0) is 61.9 Å². The van der Waals surface area contributed by atoms with Crippen LogP contribution >= 0.6 is 43.2 Å². The molecule has 0 spiro atoms. The maximum Gasteiger partial charge on any atom is 0.263 e. The van der Waals surface area contributed by atoms with Crippen LogP contribution in [-0.4, -0.2) is 13.5 Å². The van der Waals surface area contributed by atoms with Gasteiger partial charge in [0.05, 0.1) is 17.2 Å². The third-order valence-corrected chi connectivity index (χ3v) is 6.72. The molecule has 0 bridgehead atoms. The second-order valence-electron chi connectivity index (χ2n) is 4.03. The lowest BCUT2D eigenvalue weighted by molar-refractivity contribution is 0.282. The van der Waals surface area contributed by atoms with E-state index in [4.69, 9.17) is 0 Å². The van der Waals surface area contributed by atoms with Crippen molar-refractivity contribution >= 4 is 58.9 Å². The van der Waals surface area contributed by atoms with Crippen molar-refractivity contribution in [3.8, 4) is 0 Å². The summed E-state index contributed by atoms with van der Waals surface area (Å²) < 4.78 is 28.8.